The van der Waals surface area contributed by atoms with Gasteiger partial charge in [-0.1, -0.05) is 27.4 Å². The first-order valence-electron chi connectivity index (χ1n) is 12.2. The van der Waals surface area contributed by atoms with Gasteiger partial charge in [-0.2, -0.15) is 0 Å². The normalized spacial score (nSPS) is 45.7. The Balaban J connectivity index is 2.00. The minimum atomic E-state index is -1.35. The van der Waals surface area contributed by atoms with Crippen LogP contribution in [-0.2, 0) is 33.4 Å². The number of ketones is 1. The van der Waals surface area contributed by atoms with Crippen molar-refractivity contribution in [3.8, 4) is 0 Å². The van der Waals surface area contributed by atoms with E-state index in [9.17, 15) is 29.4 Å². The molecule has 2 N–H and O–H groups in total. The van der Waals surface area contributed by atoms with Gasteiger partial charge in [0.2, 0.25) is 0 Å². The van der Waals surface area contributed by atoms with Crippen LogP contribution in [0.1, 0.15) is 60.8 Å². The fraction of sp³-hybridized carbons (Fsp3) is 0.769. The highest BCUT2D eigenvalue weighted by Gasteiger charge is 2.78. The van der Waals surface area contributed by atoms with Crippen LogP contribution in [0.4, 0.5) is 0 Å². The van der Waals surface area contributed by atoms with Gasteiger partial charge in [0.05, 0.1) is 17.6 Å². The number of carbonyl (C=O) groups is 4. The monoisotopic (exact) mass is 492 g/mol. The smallest absolute Gasteiger partial charge is 0.303 e. The van der Waals surface area contributed by atoms with Crippen molar-refractivity contribution in [2.45, 2.75) is 91.3 Å². The molecule has 9 heteroatoms. The van der Waals surface area contributed by atoms with Gasteiger partial charge in [-0.3, -0.25) is 19.2 Å². The lowest BCUT2D eigenvalue weighted by Crippen LogP contribution is -2.75. The molecule has 4 rings (SSSR count). The van der Waals surface area contributed by atoms with E-state index in [0.717, 1.165) is 0 Å². The fourth-order valence-corrected chi connectivity index (χ4v) is 8.70. The third kappa shape index (κ3) is 3.49. The molecule has 35 heavy (non-hydrogen) atoms. The number of Topliss-reactive ketones (excluding diaryl/α,β-unsaturated/α-hetero) is 1. The Morgan fingerprint density at radius 1 is 0.857 bits per heavy atom. The molecule has 4 aliphatic carbocycles. The molecule has 1 spiro atoms. The summed E-state index contributed by atoms with van der Waals surface area (Å²) in [6.45, 7) is 13.2. The van der Waals surface area contributed by atoms with E-state index in [2.05, 4.69) is 6.58 Å². The van der Waals surface area contributed by atoms with Crippen LogP contribution in [0, 0.1) is 34.0 Å². The Morgan fingerprint density at radius 2 is 1.40 bits per heavy atom. The summed E-state index contributed by atoms with van der Waals surface area (Å²) in [6, 6.07) is 0. The minimum Gasteiger partial charge on any atom is -0.459 e. The van der Waals surface area contributed by atoms with E-state index < -0.39 is 76.5 Å². The second-order valence-corrected chi connectivity index (χ2v) is 11.8. The van der Waals surface area contributed by atoms with E-state index in [1.165, 1.54) is 20.8 Å². The van der Waals surface area contributed by atoms with Gasteiger partial charge in [0.25, 0.3) is 0 Å². The molecule has 0 aromatic rings. The van der Waals surface area contributed by atoms with Crippen molar-refractivity contribution in [3.63, 3.8) is 0 Å². The molecule has 4 saturated carbocycles. The van der Waals surface area contributed by atoms with Gasteiger partial charge in [-0.05, 0) is 36.2 Å². The van der Waals surface area contributed by atoms with Gasteiger partial charge in [0, 0.05) is 38.0 Å². The molecule has 0 saturated heterocycles. The maximum Gasteiger partial charge on any atom is 0.303 e. The standard InChI is InChI=1S/C26H36O9/c1-11-15-8-16(30)19-25(7)10-17(31)22(34-13(3)28)24(5,6)20(25)18(33-12(2)27)23(35-14(4)29)26(19,9-15)21(11)32/h15-20,22-23,30-31H,1,8-10H2,2-7H3/t15-,16+,17+,18+,19?,20?,22+,23+,25?,26+/m1/s1. The Bertz CT molecular complexity index is 985. The maximum absolute atomic E-state index is 13.9. The topological polar surface area (TPSA) is 136 Å². The summed E-state index contributed by atoms with van der Waals surface area (Å²) in [5.41, 5.74) is -2.88. The molecule has 10 atom stereocenters. The Morgan fingerprint density at radius 3 is 1.94 bits per heavy atom. The molecule has 0 amide bonds. The molecule has 2 bridgehead atoms. The van der Waals surface area contributed by atoms with Crippen molar-refractivity contribution in [1.82, 2.24) is 0 Å². The first kappa shape index (κ1) is 25.8. The van der Waals surface area contributed by atoms with Crippen molar-refractivity contribution in [3.05, 3.63) is 12.2 Å². The molecule has 0 aromatic carbocycles. The average molecular weight is 493 g/mol. The first-order valence-corrected chi connectivity index (χ1v) is 12.2. The lowest BCUT2D eigenvalue weighted by atomic mass is 9.38. The lowest BCUT2D eigenvalue weighted by Gasteiger charge is -2.68. The lowest BCUT2D eigenvalue weighted by molar-refractivity contribution is -0.299. The zero-order valence-corrected chi connectivity index (χ0v) is 21.2. The summed E-state index contributed by atoms with van der Waals surface area (Å²) >= 11 is 0. The SMILES string of the molecule is C=C1C(=O)[C@]23C[C@H]1C[C@H](O)C2C1(C)C[C@H](O)[C@H](OC(C)=O)C(C)(C)C1[C@H](OC(C)=O)[C@@H]3OC(C)=O. The number of esters is 3. The Kier molecular flexibility index (Phi) is 6.00. The fourth-order valence-electron chi connectivity index (χ4n) is 8.70. The number of carbonyl (C=O) groups excluding carboxylic acids is 4. The number of rotatable bonds is 3. The summed E-state index contributed by atoms with van der Waals surface area (Å²) < 4.78 is 17.3. The zero-order chi connectivity index (χ0) is 26.2. The maximum atomic E-state index is 13.9. The number of fused-ring (bicyclic) bond motifs is 3. The van der Waals surface area contributed by atoms with Crippen molar-refractivity contribution >= 4 is 23.7 Å². The number of allylic oxidation sites excluding steroid dienone is 1. The van der Waals surface area contributed by atoms with E-state index in [1.54, 1.807) is 13.8 Å². The molecule has 4 fully saturated rings. The van der Waals surface area contributed by atoms with E-state index in [0.29, 0.717) is 18.4 Å². The van der Waals surface area contributed by atoms with Crippen molar-refractivity contribution in [1.29, 1.82) is 0 Å². The molecule has 9 nitrogen and oxygen atoms in total. The molecular formula is C26H36O9. The van der Waals surface area contributed by atoms with Crippen LogP contribution in [0.15, 0.2) is 12.2 Å². The highest BCUT2D eigenvalue weighted by molar-refractivity contribution is 6.04. The zero-order valence-electron chi connectivity index (χ0n) is 21.2. The third-order valence-corrected chi connectivity index (χ3v) is 9.23. The minimum absolute atomic E-state index is 0.0947. The van der Waals surface area contributed by atoms with Crippen LogP contribution in [0.3, 0.4) is 0 Å². The van der Waals surface area contributed by atoms with Crippen molar-refractivity contribution in [2.24, 2.45) is 34.0 Å². The highest BCUT2D eigenvalue weighted by Crippen LogP contribution is 2.72. The van der Waals surface area contributed by atoms with Gasteiger partial charge in [0.1, 0.15) is 12.2 Å². The molecule has 3 unspecified atom stereocenters. The van der Waals surface area contributed by atoms with Crippen LogP contribution in [0.25, 0.3) is 0 Å². The van der Waals surface area contributed by atoms with Gasteiger partial charge in [-0.25, -0.2) is 0 Å². The van der Waals surface area contributed by atoms with Crippen LogP contribution >= 0.6 is 0 Å². The number of hydrogen-bond acceptors (Lipinski definition) is 9. The number of hydrogen-bond donors (Lipinski definition) is 2. The molecular weight excluding hydrogens is 456 g/mol. The van der Waals surface area contributed by atoms with Crippen molar-refractivity contribution in [2.75, 3.05) is 0 Å². The Hall–Kier alpha value is -2.26. The van der Waals surface area contributed by atoms with Crippen LogP contribution < -0.4 is 0 Å². The number of aliphatic hydroxyl groups excluding tert-OH is 2. The van der Waals surface area contributed by atoms with Crippen molar-refractivity contribution < 1.29 is 43.6 Å². The van der Waals surface area contributed by atoms with Crippen LogP contribution in [-0.4, -0.2) is 64.4 Å². The quantitative estimate of drug-likeness (QED) is 0.343. The van der Waals surface area contributed by atoms with Gasteiger partial charge in [-0.15, -0.1) is 0 Å². The van der Waals surface area contributed by atoms with Gasteiger partial charge in [0.15, 0.2) is 11.9 Å². The molecule has 0 aliphatic heterocycles. The van der Waals surface area contributed by atoms with Crippen LogP contribution in [0.2, 0.25) is 0 Å². The summed E-state index contributed by atoms with van der Waals surface area (Å²) in [4.78, 5) is 50.6. The van der Waals surface area contributed by atoms with Gasteiger partial charge >= 0.3 is 17.9 Å². The second-order valence-electron chi connectivity index (χ2n) is 11.8. The molecule has 4 aliphatic rings. The number of aliphatic hydroxyl groups is 2. The van der Waals surface area contributed by atoms with E-state index in [4.69, 9.17) is 14.2 Å². The Labute approximate surface area is 205 Å². The third-order valence-electron chi connectivity index (χ3n) is 9.23. The average Bonchev–Trinajstić information content (AvgIpc) is 2.88. The van der Waals surface area contributed by atoms with Crippen LogP contribution in [0.5, 0.6) is 0 Å². The summed E-state index contributed by atoms with van der Waals surface area (Å²) in [6.07, 6.45) is -4.46. The first-order chi connectivity index (χ1) is 16.1. The molecule has 0 heterocycles. The predicted octanol–water partition coefficient (Wildman–Crippen LogP) is 1.72. The number of ether oxygens (including phenoxy) is 3. The largest absolute Gasteiger partial charge is 0.459 e. The second kappa shape index (κ2) is 8.13. The van der Waals surface area contributed by atoms with E-state index in [1.807, 2.05) is 6.92 Å². The van der Waals surface area contributed by atoms with Gasteiger partial charge < -0.3 is 24.4 Å². The summed E-state index contributed by atoms with van der Waals surface area (Å²) in [5, 5.41) is 22.7. The molecule has 0 aromatic heterocycles. The summed E-state index contributed by atoms with van der Waals surface area (Å²) in [5.74, 6) is -3.72. The van der Waals surface area contributed by atoms with E-state index >= 15 is 0 Å². The highest BCUT2D eigenvalue weighted by atomic mass is 16.6. The molecule has 194 valence electrons. The van der Waals surface area contributed by atoms with E-state index in [-0.39, 0.29) is 18.1 Å². The summed E-state index contributed by atoms with van der Waals surface area (Å²) in [7, 11) is 0. The predicted molar refractivity (Wildman–Crippen MR) is 121 cm³/mol. The molecule has 0 radical (unpaired) electrons.